The predicted molar refractivity (Wildman–Crippen MR) is 40.9 cm³/mol. The quantitative estimate of drug-likeness (QED) is 0.495. The Bertz CT molecular complexity index is 156. The van der Waals surface area contributed by atoms with Gasteiger partial charge in [-0.1, -0.05) is 0 Å². The largest absolute Gasteiger partial charge is 0.298 e. The van der Waals surface area contributed by atoms with Gasteiger partial charge in [-0.05, 0) is 11.8 Å². The lowest BCUT2D eigenvalue weighted by Gasteiger charge is -1.93. The van der Waals surface area contributed by atoms with Gasteiger partial charge in [0.1, 0.15) is 0 Å². The second-order valence-electron chi connectivity index (χ2n) is 1.66. The third-order valence-corrected chi connectivity index (χ3v) is 1.46. The van der Waals surface area contributed by atoms with Crippen LogP contribution in [0.3, 0.4) is 0 Å². The van der Waals surface area contributed by atoms with Crippen LogP contribution < -0.4 is 0 Å². The lowest BCUT2D eigenvalue weighted by molar-refractivity contribution is -0.109. The van der Waals surface area contributed by atoms with E-state index in [0.717, 1.165) is 11.8 Å². The molecule has 3 nitrogen and oxygen atoms in total. The van der Waals surface area contributed by atoms with E-state index in [1.165, 1.54) is 6.92 Å². The minimum Gasteiger partial charge on any atom is -0.298 e. The molecule has 0 fully saturated rings. The monoisotopic (exact) mass is 158 g/mol. The molecule has 0 aliphatic rings. The average Bonchev–Trinajstić information content (AvgIpc) is 1.82. The normalized spacial score (nSPS) is 8.90. The number of hydrogen-bond acceptors (Lipinski definition) is 4. The van der Waals surface area contributed by atoms with Crippen LogP contribution in [0.15, 0.2) is 0 Å². The van der Waals surface area contributed by atoms with E-state index in [1.807, 2.05) is 0 Å². The Hall–Kier alpha value is -0.640. The number of hydrogen-bond donors (Lipinski definition) is 1. The summed E-state index contributed by atoms with van der Waals surface area (Å²) in [5.74, 6) is 0. The summed E-state index contributed by atoms with van der Waals surface area (Å²) >= 11 is 0.860. The van der Waals surface area contributed by atoms with Crippen LogP contribution in [0.25, 0.3) is 0 Å². The van der Waals surface area contributed by atoms with Crippen LogP contribution in [0, 0.1) is 5.41 Å². The van der Waals surface area contributed by atoms with Crippen molar-refractivity contribution < 1.29 is 9.59 Å². The maximum Gasteiger partial charge on any atom is 0.198 e. The van der Waals surface area contributed by atoms with E-state index in [2.05, 4.69) is 0 Å². The molecule has 0 aliphatic heterocycles. The molecule has 1 N–H and O–H groups in total. The Labute approximate surface area is 63.7 Å². The molecule has 0 heterocycles. The van der Waals surface area contributed by atoms with Crippen molar-refractivity contribution >= 4 is 28.2 Å². The Morgan fingerprint density at radius 2 is 2.30 bits per heavy atom. The molecule has 0 rings (SSSR count). The number of carbonyl (C=O) groups is 1. The first-order valence-electron chi connectivity index (χ1n) is 2.77. The zero-order valence-electron chi connectivity index (χ0n) is 5.64. The van der Waals surface area contributed by atoms with Gasteiger partial charge < -0.3 is 0 Å². The van der Waals surface area contributed by atoms with Gasteiger partial charge in [-0.3, -0.25) is 15.0 Å². The van der Waals surface area contributed by atoms with Gasteiger partial charge in [0.25, 0.3) is 0 Å². The molecule has 10 heavy (non-hydrogen) atoms. The van der Waals surface area contributed by atoms with Crippen molar-refractivity contribution in [2.45, 2.75) is 19.8 Å². The zero-order chi connectivity index (χ0) is 7.98. The van der Waals surface area contributed by atoms with Crippen LogP contribution in [-0.2, 0) is 9.59 Å². The van der Waals surface area contributed by atoms with E-state index in [-0.39, 0.29) is 16.6 Å². The SMILES string of the molecule is CC(=O)SC(=N)CC[C]=O. The number of thioether (sulfide) groups is 1. The van der Waals surface area contributed by atoms with Crippen molar-refractivity contribution in [1.82, 2.24) is 0 Å². The summed E-state index contributed by atoms with van der Waals surface area (Å²) in [6.07, 6.45) is 2.19. The molecule has 0 bridgehead atoms. The van der Waals surface area contributed by atoms with Gasteiger partial charge >= 0.3 is 0 Å². The summed E-state index contributed by atoms with van der Waals surface area (Å²) in [5.41, 5.74) is 0. The van der Waals surface area contributed by atoms with Gasteiger partial charge in [-0.2, -0.15) is 0 Å². The average molecular weight is 158 g/mol. The van der Waals surface area contributed by atoms with Crippen LogP contribution in [-0.4, -0.2) is 16.4 Å². The molecule has 0 aliphatic carbocycles. The highest BCUT2D eigenvalue weighted by atomic mass is 32.2. The molecular formula is C6H8NO2S. The van der Waals surface area contributed by atoms with E-state index in [1.54, 1.807) is 6.29 Å². The molecule has 0 aromatic carbocycles. The molecular weight excluding hydrogens is 150 g/mol. The van der Waals surface area contributed by atoms with Gasteiger partial charge in [0.05, 0.1) is 5.04 Å². The van der Waals surface area contributed by atoms with Crippen LogP contribution >= 0.6 is 11.8 Å². The Kier molecular flexibility index (Phi) is 4.84. The molecule has 0 saturated carbocycles. The van der Waals surface area contributed by atoms with Crippen molar-refractivity contribution in [3.63, 3.8) is 0 Å². The molecule has 1 radical (unpaired) electrons. The van der Waals surface area contributed by atoms with Gasteiger partial charge in [-0.15, -0.1) is 0 Å². The van der Waals surface area contributed by atoms with Crippen molar-refractivity contribution in [3.8, 4) is 0 Å². The lowest BCUT2D eigenvalue weighted by Crippen LogP contribution is -1.94. The van der Waals surface area contributed by atoms with Crippen LogP contribution in [0.4, 0.5) is 0 Å². The van der Waals surface area contributed by atoms with Crippen molar-refractivity contribution in [2.24, 2.45) is 0 Å². The molecule has 0 aromatic rings. The molecule has 55 valence electrons. The number of rotatable bonds is 3. The highest BCUT2D eigenvalue weighted by Gasteiger charge is 2.00. The summed E-state index contributed by atoms with van der Waals surface area (Å²) in [7, 11) is 0. The Morgan fingerprint density at radius 3 is 2.70 bits per heavy atom. The first kappa shape index (κ1) is 9.36. The van der Waals surface area contributed by atoms with Gasteiger partial charge in [0.2, 0.25) is 0 Å². The third-order valence-electron chi connectivity index (χ3n) is 0.721. The lowest BCUT2D eigenvalue weighted by atomic mass is 10.4. The Balaban J connectivity index is 3.43. The van der Waals surface area contributed by atoms with E-state index in [4.69, 9.17) is 5.41 Å². The minimum absolute atomic E-state index is 0.115. The highest BCUT2D eigenvalue weighted by molar-refractivity contribution is 8.26. The summed E-state index contributed by atoms with van der Waals surface area (Å²) < 4.78 is 0. The zero-order valence-corrected chi connectivity index (χ0v) is 6.46. The fourth-order valence-corrected chi connectivity index (χ4v) is 0.940. The first-order chi connectivity index (χ1) is 4.66. The molecule has 0 unspecified atom stereocenters. The van der Waals surface area contributed by atoms with Gasteiger partial charge in [-0.25, -0.2) is 0 Å². The smallest absolute Gasteiger partial charge is 0.198 e. The molecule has 4 heteroatoms. The third kappa shape index (κ3) is 5.50. The number of carbonyl (C=O) groups excluding carboxylic acids is 2. The molecule has 0 spiro atoms. The van der Waals surface area contributed by atoms with Crippen LogP contribution in [0.1, 0.15) is 19.8 Å². The van der Waals surface area contributed by atoms with Crippen molar-refractivity contribution in [3.05, 3.63) is 0 Å². The summed E-state index contributed by atoms with van der Waals surface area (Å²) in [5, 5.41) is 7.20. The fourth-order valence-electron chi connectivity index (χ4n) is 0.389. The number of nitrogens with one attached hydrogen (secondary N) is 1. The Morgan fingerprint density at radius 1 is 1.70 bits per heavy atom. The van der Waals surface area contributed by atoms with E-state index < -0.39 is 0 Å². The summed E-state index contributed by atoms with van der Waals surface area (Å²) in [4.78, 5) is 20.0. The molecule has 0 saturated heterocycles. The first-order valence-corrected chi connectivity index (χ1v) is 3.59. The summed E-state index contributed by atoms with van der Waals surface area (Å²) in [6, 6.07) is 0. The molecule has 0 atom stereocenters. The second-order valence-corrected chi connectivity index (χ2v) is 2.93. The van der Waals surface area contributed by atoms with E-state index in [0.29, 0.717) is 6.42 Å². The topological polar surface area (TPSA) is 58.0 Å². The second kappa shape index (κ2) is 5.17. The standard InChI is InChI=1S/C6H8NO2S/c1-5(9)10-6(7)3-2-4-8/h7H,2-3H2,1H3. The van der Waals surface area contributed by atoms with Crippen molar-refractivity contribution in [2.75, 3.05) is 0 Å². The predicted octanol–water partition coefficient (Wildman–Crippen LogP) is 1.13. The van der Waals surface area contributed by atoms with Crippen molar-refractivity contribution in [1.29, 1.82) is 5.41 Å². The van der Waals surface area contributed by atoms with E-state index in [9.17, 15) is 9.59 Å². The highest BCUT2D eigenvalue weighted by Crippen LogP contribution is 2.07. The fraction of sp³-hybridized carbons (Fsp3) is 0.500. The maximum atomic E-state index is 10.3. The van der Waals surface area contributed by atoms with Crippen LogP contribution in [0.2, 0.25) is 0 Å². The van der Waals surface area contributed by atoms with Gasteiger partial charge in [0, 0.05) is 19.8 Å². The molecule has 0 amide bonds. The van der Waals surface area contributed by atoms with E-state index >= 15 is 0 Å². The minimum atomic E-state index is -0.115. The maximum absolute atomic E-state index is 10.3. The summed E-state index contributed by atoms with van der Waals surface area (Å²) in [6.45, 7) is 1.39. The van der Waals surface area contributed by atoms with Gasteiger partial charge in [0.15, 0.2) is 11.4 Å². The molecule has 0 aromatic heterocycles. The van der Waals surface area contributed by atoms with Crippen LogP contribution in [0.5, 0.6) is 0 Å².